The van der Waals surface area contributed by atoms with Gasteiger partial charge in [0.25, 0.3) is 0 Å². The van der Waals surface area contributed by atoms with Crippen LogP contribution < -0.4 is 5.32 Å². The summed E-state index contributed by atoms with van der Waals surface area (Å²) in [6.07, 6.45) is -1.70. The number of amides is 1. The fraction of sp³-hybridized carbons (Fsp3) is 0.111. The fourth-order valence-corrected chi connectivity index (χ4v) is 1.95. The van der Waals surface area contributed by atoms with Gasteiger partial charge in [-0.1, -0.05) is 24.3 Å². The number of nitriles is 1. The number of benzene rings is 2. The van der Waals surface area contributed by atoms with Crippen molar-refractivity contribution in [2.75, 3.05) is 0 Å². The van der Waals surface area contributed by atoms with E-state index in [1.165, 1.54) is 24.3 Å². The highest BCUT2D eigenvalue weighted by atomic mass is 19.4. The van der Waals surface area contributed by atoms with Crippen molar-refractivity contribution in [1.29, 1.82) is 5.26 Å². The zero-order chi connectivity index (χ0) is 17.6. The number of alkyl halides is 3. The van der Waals surface area contributed by atoms with Gasteiger partial charge in [-0.3, -0.25) is 4.79 Å². The van der Waals surface area contributed by atoms with Crippen molar-refractivity contribution in [2.45, 2.75) is 12.7 Å². The first kappa shape index (κ1) is 17.3. The van der Waals surface area contributed by atoms with E-state index in [0.717, 1.165) is 17.7 Å². The van der Waals surface area contributed by atoms with E-state index in [-0.39, 0.29) is 12.5 Å². The fourth-order valence-electron chi connectivity index (χ4n) is 1.95. The van der Waals surface area contributed by atoms with Gasteiger partial charge in [-0.15, -0.1) is 0 Å². The second-order valence-electron chi connectivity index (χ2n) is 4.98. The Kier molecular flexibility index (Phi) is 5.38. The van der Waals surface area contributed by atoms with E-state index in [1.54, 1.807) is 24.3 Å². The lowest BCUT2D eigenvalue weighted by Gasteiger charge is -2.06. The lowest BCUT2D eigenvalue weighted by Crippen LogP contribution is -2.20. The highest BCUT2D eigenvalue weighted by Crippen LogP contribution is 2.29. The van der Waals surface area contributed by atoms with E-state index in [4.69, 9.17) is 5.26 Å². The Labute approximate surface area is 137 Å². The summed E-state index contributed by atoms with van der Waals surface area (Å²) in [5.41, 5.74) is 1.04. The van der Waals surface area contributed by atoms with Gasteiger partial charge in [-0.2, -0.15) is 18.4 Å². The van der Waals surface area contributed by atoms with Crippen molar-refractivity contribution in [3.63, 3.8) is 0 Å². The molecule has 0 atom stereocenters. The molecular weight excluding hydrogens is 317 g/mol. The Morgan fingerprint density at radius 3 is 2.50 bits per heavy atom. The van der Waals surface area contributed by atoms with Crippen molar-refractivity contribution in [2.24, 2.45) is 0 Å². The maximum atomic E-state index is 12.4. The third-order valence-electron chi connectivity index (χ3n) is 3.19. The molecule has 0 heterocycles. The molecule has 0 bridgehead atoms. The summed E-state index contributed by atoms with van der Waals surface area (Å²) in [4.78, 5) is 11.7. The Bertz CT molecular complexity index is 787. The van der Waals surface area contributed by atoms with Crippen molar-refractivity contribution >= 4 is 12.0 Å². The van der Waals surface area contributed by atoms with Gasteiger partial charge in [-0.25, -0.2) is 0 Å². The second-order valence-corrected chi connectivity index (χ2v) is 4.98. The maximum Gasteiger partial charge on any atom is 0.416 e. The summed E-state index contributed by atoms with van der Waals surface area (Å²) < 4.78 is 37.3. The highest BCUT2D eigenvalue weighted by molar-refractivity contribution is 5.91. The van der Waals surface area contributed by atoms with Crippen LogP contribution in [0.3, 0.4) is 0 Å². The van der Waals surface area contributed by atoms with E-state index in [0.29, 0.717) is 11.1 Å². The van der Waals surface area contributed by atoms with Crippen LogP contribution in [0, 0.1) is 11.3 Å². The quantitative estimate of drug-likeness (QED) is 0.864. The summed E-state index contributed by atoms with van der Waals surface area (Å²) in [5.74, 6) is -0.378. The van der Waals surface area contributed by atoms with Gasteiger partial charge >= 0.3 is 6.18 Å². The molecule has 1 amide bonds. The normalized spacial score (nSPS) is 11.2. The maximum absolute atomic E-state index is 12.4. The number of rotatable bonds is 4. The number of hydrogen-bond donors (Lipinski definition) is 1. The van der Waals surface area contributed by atoms with Gasteiger partial charge in [0.05, 0.1) is 17.2 Å². The van der Waals surface area contributed by atoms with Gasteiger partial charge in [0.2, 0.25) is 5.91 Å². The average Bonchev–Trinajstić information content (AvgIpc) is 2.58. The molecule has 1 N–H and O–H groups in total. The molecule has 0 aliphatic heterocycles. The van der Waals surface area contributed by atoms with E-state index >= 15 is 0 Å². The second kappa shape index (κ2) is 7.47. The van der Waals surface area contributed by atoms with E-state index in [2.05, 4.69) is 5.32 Å². The summed E-state index contributed by atoms with van der Waals surface area (Å²) in [7, 11) is 0. The van der Waals surface area contributed by atoms with Gasteiger partial charge < -0.3 is 5.32 Å². The molecular formula is C18H13F3N2O. The predicted molar refractivity (Wildman–Crippen MR) is 83.5 cm³/mol. The summed E-state index contributed by atoms with van der Waals surface area (Å²) in [6, 6.07) is 13.4. The van der Waals surface area contributed by atoms with Crippen molar-refractivity contribution in [3.05, 3.63) is 76.9 Å². The van der Waals surface area contributed by atoms with Crippen LogP contribution in [-0.4, -0.2) is 5.91 Å². The Morgan fingerprint density at radius 2 is 1.88 bits per heavy atom. The molecule has 2 aromatic rings. The predicted octanol–water partition coefficient (Wildman–Crippen LogP) is 3.91. The Balaban J connectivity index is 1.92. The molecule has 0 fully saturated rings. The van der Waals surface area contributed by atoms with Crippen LogP contribution in [0.5, 0.6) is 0 Å². The Hall–Kier alpha value is -3.07. The van der Waals surface area contributed by atoms with Crippen LogP contribution in [0.15, 0.2) is 54.6 Å². The van der Waals surface area contributed by atoms with Crippen LogP contribution in [0.1, 0.15) is 22.3 Å². The van der Waals surface area contributed by atoms with Crippen molar-refractivity contribution in [3.8, 4) is 6.07 Å². The monoisotopic (exact) mass is 330 g/mol. The van der Waals surface area contributed by atoms with Crippen molar-refractivity contribution < 1.29 is 18.0 Å². The summed E-state index contributed by atoms with van der Waals surface area (Å²) in [6.45, 7) is 0.256. The molecule has 6 heteroatoms. The Morgan fingerprint density at radius 1 is 1.17 bits per heavy atom. The van der Waals surface area contributed by atoms with Crippen LogP contribution in [-0.2, 0) is 17.5 Å². The van der Waals surface area contributed by atoms with Crippen LogP contribution in [0.2, 0.25) is 0 Å². The first-order chi connectivity index (χ1) is 11.4. The third-order valence-corrected chi connectivity index (χ3v) is 3.19. The zero-order valence-corrected chi connectivity index (χ0v) is 12.5. The number of halogens is 3. The van der Waals surface area contributed by atoms with Gasteiger partial charge in [0.1, 0.15) is 0 Å². The number of nitrogens with one attached hydrogen (secondary N) is 1. The van der Waals surface area contributed by atoms with Gasteiger partial charge in [-0.05, 0) is 41.5 Å². The molecule has 24 heavy (non-hydrogen) atoms. The molecule has 0 saturated carbocycles. The smallest absolute Gasteiger partial charge is 0.348 e. The first-order valence-corrected chi connectivity index (χ1v) is 7.01. The zero-order valence-electron chi connectivity index (χ0n) is 12.5. The molecule has 0 spiro atoms. The third kappa shape index (κ3) is 4.99. The molecule has 3 nitrogen and oxygen atoms in total. The topological polar surface area (TPSA) is 52.9 Å². The number of hydrogen-bond acceptors (Lipinski definition) is 2. The standard InChI is InChI=1S/C18H13F3N2O/c19-18(20,21)16-7-4-13(5-8-16)6-9-17(24)23-12-15-3-1-2-14(10-15)11-22/h1-10H,12H2,(H,23,24)/b9-6+. The van der Waals surface area contributed by atoms with Gasteiger partial charge in [0.15, 0.2) is 0 Å². The van der Waals surface area contributed by atoms with Gasteiger partial charge in [0, 0.05) is 12.6 Å². The minimum absolute atomic E-state index is 0.256. The van der Waals surface area contributed by atoms with E-state index in [1.807, 2.05) is 6.07 Å². The molecule has 0 saturated heterocycles. The SMILES string of the molecule is N#Cc1cccc(CNC(=O)/C=C/c2ccc(C(F)(F)F)cc2)c1. The average molecular weight is 330 g/mol. The molecule has 0 aliphatic rings. The number of nitrogens with zero attached hydrogens (tertiary/aromatic N) is 1. The summed E-state index contributed by atoms with van der Waals surface area (Å²) >= 11 is 0. The molecule has 2 aromatic carbocycles. The molecule has 0 aromatic heterocycles. The van der Waals surface area contributed by atoms with Crippen molar-refractivity contribution in [1.82, 2.24) is 5.32 Å². The lowest BCUT2D eigenvalue weighted by molar-refractivity contribution is -0.137. The van der Waals surface area contributed by atoms with Crippen LogP contribution in [0.4, 0.5) is 13.2 Å². The van der Waals surface area contributed by atoms with E-state index in [9.17, 15) is 18.0 Å². The summed E-state index contributed by atoms with van der Waals surface area (Å²) in [5, 5.41) is 11.4. The molecule has 122 valence electrons. The number of carbonyl (C=O) groups excluding carboxylic acids is 1. The molecule has 0 aliphatic carbocycles. The molecule has 2 rings (SSSR count). The minimum atomic E-state index is -4.38. The van der Waals surface area contributed by atoms with Crippen LogP contribution in [0.25, 0.3) is 6.08 Å². The first-order valence-electron chi connectivity index (χ1n) is 7.01. The number of carbonyl (C=O) groups is 1. The lowest BCUT2D eigenvalue weighted by atomic mass is 10.1. The molecule has 0 radical (unpaired) electrons. The highest BCUT2D eigenvalue weighted by Gasteiger charge is 2.29. The largest absolute Gasteiger partial charge is 0.416 e. The van der Waals surface area contributed by atoms with E-state index < -0.39 is 11.7 Å². The van der Waals surface area contributed by atoms with Crippen LogP contribution >= 0.6 is 0 Å². The molecule has 0 unspecified atom stereocenters. The minimum Gasteiger partial charge on any atom is -0.348 e.